The summed E-state index contributed by atoms with van der Waals surface area (Å²) in [4.78, 5) is 40.5. The number of allylic oxidation sites excluding steroid dienone is 2. The van der Waals surface area contributed by atoms with Crippen LogP contribution in [0.25, 0.3) is 0 Å². The number of halogens is 1. The zero-order valence-electron chi connectivity index (χ0n) is 19.0. The molecule has 0 aromatic heterocycles. The van der Waals surface area contributed by atoms with Crippen molar-refractivity contribution in [3.8, 4) is 5.75 Å². The van der Waals surface area contributed by atoms with Gasteiger partial charge in [0.05, 0.1) is 24.0 Å². The average Bonchev–Trinajstić information content (AvgIpc) is 2.97. The highest BCUT2D eigenvalue weighted by Crippen LogP contribution is 2.35. The molecule has 0 radical (unpaired) electrons. The SMILES string of the molecule is CC(=O)N(CCCN1C(=O)C2CC=CCC2C1=O)CC(N)c1ccccc1OC(C)C.Cl. The molecule has 3 unspecified atom stereocenters. The quantitative estimate of drug-likeness (QED) is 0.448. The summed E-state index contributed by atoms with van der Waals surface area (Å²) in [6.45, 7) is 6.52. The molecule has 32 heavy (non-hydrogen) atoms. The first-order chi connectivity index (χ1) is 14.8. The van der Waals surface area contributed by atoms with Gasteiger partial charge in [-0.1, -0.05) is 30.4 Å². The number of amides is 3. The zero-order chi connectivity index (χ0) is 22.5. The maximum absolute atomic E-state index is 12.6. The van der Waals surface area contributed by atoms with Gasteiger partial charge in [-0.3, -0.25) is 19.3 Å². The van der Waals surface area contributed by atoms with Crippen LogP contribution in [-0.4, -0.2) is 53.3 Å². The van der Waals surface area contributed by atoms with E-state index in [1.165, 1.54) is 11.8 Å². The van der Waals surface area contributed by atoms with Crippen molar-refractivity contribution in [3.63, 3.8) is 0 Å². The van der Waals surface area contributed by atoms with Crippen LogP contribution in [0.15, 0.2) is 36.4 Å². The fourth-order valence-corrected chi connectivity index (χ4v) is 4.37. The number of nitrogens with zero attached hydrogens (tertiary/aromatic N) is 2. The van der Waals surface area contributed by atoms with Crippen molar-refractivity contribution in [2.75, 3.05) is 19.6 Å². The predicted octanol–water partition coefficient (Wildman–Crippen LogP) is 3.09. The predicted molar refractivity (Wildman–Crippen MR) is 125 cm³/mol. The number of benzene rings is 1. The number of hydrogen-bond acceptors (Lipinski definition) is 5. The van der Waals surface area contributed by atoms with E-state index in [4.69, 9.17) is 10.5 Å². The Kier molecular flexibility index (Phi) is 9.28. The van der Waals surface area contributed by atoms with Gasteiger partial charge in [-0.15, -0.1) is 12.4 Å². The summed E-state index contributed by atoms with van der Waals surface area (Å²) in [7, 11) is 0. The number of nitrogens with two attached hydrogens (primary N) is 1. The maximum Gasteiger partial charge on any atom is 0.233 e. The molecule has 1 aliphatic heterocycles. The van der Waals surface area contributed by atoms with Crippen LogP contribution in [0.1, 0.15) is 51.6 Å². The van der Waals surface area contributed by atoms with Gasteiger partial charge in [0.2, 0.25) is 17.7 Å². The van der Waals surface area contributed by atoms with Crippen LogP contribution >= 0.6 is 12.4 Å². The van der Waals surface area contributed by atoms with Crippen molar-refractivity contribution in [1.82, 2.24) is 9.80 Å². The molecule has 2 aliphatic rings. The molecule has 1 aliphatic carbocycles. The number of carbonyl (C=O) groups excluding carboxylic acids is 3. The first-order valence-corrected chi connectivity index (χ1v) is 11.1. The lowest BCUT2D eigenvalue weighted by Crippen LogP contribution is -2.39. The maximum atomic E-state index is 12.6. The zero-order valence-corrected chi connectivity index (χ0v) is 19.8. The number of carbonyl (C=O) groups is 3. The Balaban J connectivity index is 0.00000363. The third-order valence-electron chi connectivity index (χ3n) is 5.95. The van der Waals surface area contributed by atoms with Gasteiger partial charge < -0.3 is 15.4 Å². The van der Waals surface area contributed by atoms with E-state index in [9.17, 15) is 14.4 Å². The van der Waals surface area contributed by atoms with Crippen molar-refractivity contribution in [2.45, 2.75) is 52.2 Å². The Morgan fingerprint density at radius 3 is 2.31 bits per heavy atom. The molecule has 3 atom stereocenters. The third-order valence-corrected chi connectivity index (χ3v) is 5.95. The van der Waals surface area contributed by atoms with Crippen molar-refractivity contribution in [1.29, 1.82) is 0 Å². The van der Waals surface area contributed by atoms with Gasteiger partial charge in [-0.05, 0) is 39.2 Å². The minimum absolute atomic E-state index is 0. The number of likely N-dealkylation sites (tertiary alicyclic amines) is 1. The van der Waals surface area contributed by atoms with Gasteiger partial charge in [-0.2, -0.15) is 0 Å². The second kappa shape index (κ2) is 11.5. The standard InChI is InChI=1S/C24H33N3O4.ClH/c1-16(2)31-22-12-7-6-11-20(22)21(25)15-26(17(3)28)13-8-14-27-23(29)18-9-4-5-10-19(18)24(27)30;/h4-7,11-12,16,18-19,21H,8-10,13-15,25H2,1-3H3;1H. The second-order valence-electron chi connectivity index (χ2n) is 8.61. The molecule has 8 heteroatoms. The molecular formula is C24H34ClN3O4. The summed E-state index contributed by atoms with van der Waals surface area (Å²) < 4.78 is 5.86. The summed E-state index contributed by atoms with van der Waals surface area (Å²) >= 11 is 0. The third kappa shape index (κ3) is 5.90. The van der Waals surface area contributed by atoms with E-state index in [-0.39, 0.29) is 48.1 Å². The summed E-state index contributed by atoms with van der Waals surface area (Å²) in [6, 6.07) is 7.19. The molecule has 0 spiro atoms. The summed E-state index contributed by atoms with van der Waals surface area (Å²) in [5.74, 6) is 0.0441. The number of ether oxygens (including phenoxy) is 1. The number of imide groups is 1. The number of rotatable bonds is 9. The molecule has 1 aromatic rings. The largest absolute Gasteiger partial charge is 0.491 e. The summed E-state index contributed by atoms with van der Waals surface area (Å²) in [5, 5.41) is 0. The molecular weight excluding hydrogens is 430 g/mol. The summed E-state index contributed by atoms with van der Waals surface area (Å²) in [6.07, 6.45) is 5.79. The van der Waals surface area contributed by atoms with Gasteiger partial charge in [0, 0.05) is 32.1 Å². The van der Waals surface area contributed by atoms with Crippen LogP contribution in [0.2, 0.25) is 0 Å². The molecule has 0 saturated carbocycles. The molecule has 176 valence electrons. The minimum Gasteiger partial charge on any atom is -0.491 e. The monoisotopic (exact) mass is 463 g/mol. The first-order valence-electron chi connectivity index (χ1n) is 11.1. The van der Waals surface area contributed by atoms with E-state index >= 15 is 0 Å². The van der Waals surface area contributed by atoms with Crippen molar-refractivity contribution in [2.24, 2.45) is 17.6 Å². The molecule has 3 rings (SSSR count). The molecule has 1 saturated heterocycles. The number of fused-ring (bicyclic) bond motifs is 1. The second-order valence-corrected chi connectivity index (χ2v) is 8.61. The van der Waals surface area contributed by atoms with Crippen LogP contribution < -0.4 is 10.5 Å². The normalized spacial score (nSPS) is 20.7. The lowest BCUT2D eigenvalue weighted by atomic mass is 9.85. The highest BCUT2D eigenvalue weighted by Gasteiger charge is 2.46. The minimum atomic E-state index is -0.400. The van der Waals surface area contributed by atoms with E-state index in [1.807, 2.05) is 50.3 Å². The molecule has 1 fully saturated rings. The Morgan fingerprint density at radius 2 is 1.75 bits per heavy atom. The van der Waals surface area contributed by atoms with Crippen molar-refractivity contribution in [3.05, 3.63) is 42.0 Å². The van der Waals surface area contributed by atoms with Crippen LogP contribution in [-0.2, 0) is 14.4 Å². The van der Waals surface area contributed by atoms with E-state index in [1.54, 1.807) is 4.90 Å². The van der Waals surface area contributed by atoms with Gasteiger partial charge in [0.15, 0.2) is 0 Å². The van der Waals surface area contributed by atoms with Gasteiger partial charge in [-0.25, -0.2) is 0 Å². The first kappa shape index (κ1) is 25.9. The highest BCUT2D eigenvalue weighted by molar-refractivity contribution is 6.05. The van der Waals surface area contributed by atoms with Gasteiger partial charge in [0.1, 0.15) is 5.75 Å². The van der Waals surface area contributed by atoms with Gasteiger partial charge >= 0.3 is 0 Å². The van der Waals surface area contributed by atoms with Crippen LogP contribution in [0, 0.1) is 11.8 Å². The molecule has 0 bridgehead atoms. The van der Waals surface area contributed by atoms with E-state index < -0.39 is 6.04 Å². The fourth-order valence-electron chi connectivity index (χ4n) is 4.37. The molecule has 2 N–H and O–H groups in total. The number of hydrogen-bond donors (Lipinski definition) is 1. The Bertz CT molecular complexity index is 831. The Hall–Kier alpha value is -2.38. The van der Waals surface area contributed by atoms with Gasteiger partial charge in [0.25, 0.3) is 0 Å². The lowest BCUT2D eigenvalue weighted by molar-refractivity contribution is -0.139. The topological polar surface area (TPSA) is 92.9 Å². The highest BCUT2D eigenvalue weighted by atomic mass is 35.5. The average molecular weight is 464 g/mol. The van der Waals surface area contributed by atoms with E-state index in [2.05, 4.69) is 0 Å². The van der Waals surface area contributed by atoms with Crippen LogP contribution in [0.5, 0.6) is 5.75 Å². The molecule has 7 nitrogen and oxygen atoms in total. The van der Waals surface area contributed by atoms with E-state index in [0.29, 0.717) is 38.9 Å². The summed E-state index contributed by atoms with van der Waals surface area (Å²) in [5.41, 5.74) is 7.28. The van der Waals surface area contributed by atoms with Crippen molar-refractivity contribution < 1.29 is 19.1 Å². The smallest absolute Gasteiger partial charge is 0.233 e. The molecule has 1 heterocycles. The Labute approximate surface area is 196 Å². The van der Waals surface area contributed by atoms with Crippen LogP contribution in [0.3, 0.4) is 0 Å². The number of para-hydroxylation sites is 1. The fraction of sp³-hybridized carbons (Fsp3) is 0.542. The lowest BCUT2D eigenvalue weighted by Gasteiger charge is -2.27. The molecule has 1 aromatic carbocycles. The Morgan fingerprint density at radius 1 is 1.16 bits per heavy atom. The van der Waals surface area contributed by atoms with E-state index in [0.717, 1.165) is 11.3 Å². The molecule has 3 amide bonds. The van der Waals surface area contributed by atoms with Crippen LogP contribution in [0.4, 0.5) is 0 Å². The van der Waals surface area contributed by atoms with Crippen molar-refractivity contribution >= 4 is 30.1 Å².